The van der Waals surface area contributed by atoms with Crippen LogP contribution < -0.4 is 16.0 Å². The normalized spacial score (nSPS) is 15.7. The summed E-state index contributed by atoms with van der Waals surface area (Å²) in [7, 11) is 5.31. The average Bonchev–Trinajstić information content (AvgIpc) is 3.53. The lowest BCUT2D eigenvalue weighted by atomic mass is 9.77. The fourth-order valence-electron chi connectivity index (χ4n) is 7.76. The summed E-state index contributed by atoms with van der Waals surface area (Å²) in [6.45, 7) is 16.8. The summed E-state index contributed by atoms with van der Waals surface area (Å²) in [4.78, 5) is 63.3. The number of fused-ring (bicyclic) bond motifs is 2. The van der Waals surface area contributed by atoms with E-state index in [9.17, 15) is 19.2 Å². The van der Waals surface area contributed by atoms with Gasteiger partial charge in [-0.2, -0.15) is 0 Å². The van der Waals surface area contributed by atoms with E-state index in [0.717, 1.165) is 73.2 Å². The lowest BCUT2D eigenvalue weighted by Gasteiger charge is -2.28. The number of benzene rings is 2. The first kappa shape index (κ1) is 43.2. The highest BCUT2D eigenvalue weighted by Crippen LogP contribution is 2.34. The zero-order valence-electron chi connectivity index (χ0n) is 35.4. The molecule has 4 heterocycles. The molecule has 0 radical (unpaired) electrons. The van der Waals surface area contributed by atoms with Crippen molar-refractivity contribution in [1.82, 2.24) is 40.0 Å². The maximum Gasteiger partial charge on any atom is 0.223 e. The Bertz CT molecular complexity index is 2020. The van der Waals surface area contributed by atoms with E-state index in [2.05, 4.69) is 37.0 Å². The number of imidazole rings is 2. The van der Waals surface area contributed by atoms with Gasteiger partial charge in [-0.05, 0) is 43.8 Å². The first-order valence-corrected chi connectivity index (χ1v) is 20.2. The second kappa shape index (κ2) is 18.5. The fourth-order valence-corrected chi connectivity index (χ4v) is 7.76. The van der Waals surface area contributed by atoms with Crippen LogP contribution in [0.25, 0.3) is 22.8 Å². The first-order valence-electron chi connectivity index (χ1n) is 20.2. The van der Waals surface area contributed by atoms with Gasteiger partial charge in [0, 0.05) is 64.2 Å². The number of carbonyl (C=O) groups is 4. The summed E-state index contributed by atoms with van der Waals surface area (Å²) in [6, 6.07) is 20.0. The van der Waals surface area contributed by atoms with Gasteiger partial charge in [0.2, 0.25) is 11.8 Å². The van der Waals surface area contributed by atoms with E-state index in [0.29, 0.717) is 24.5 Å². The van der Waals surface area contributed by atoms with Crippen LogP contribution in [0.1, 0.15) is 99.6 Å². The Hall–Kier alpha value is -4.94. The topological polar surface area (TPSA) is 143 Å². The van der Waals surface area contributed by atoms with Crippen LogP contribution in [-0.2, 0) is 35.8 Å². The third-order valence-electron chi connectivity index (χ3n) is 11.1. The summed E-state index contributed by atoms with van der Waals surface area (Å²) in [5.41, 5.74) is 4.27. The minimum atomic E-state index is -0.402. The quantitative estimate of drug-likeness (QED) is 0.157. The number of carbonyl (C=O) groups excluding carboxylic acids is 4. The van der Waals surface area contributed by atoms with Crippen LogP contribution in [0, 0.1) is 22.7 Å². The molecule has 57 heavy (non-hydrogen) atoms. The van der Waals surface area contributed by atoms with Gasteiger partial charge < -0.3 is 30.0 Å². The maximum atomic E-state index is 13.4. The zero-order chi connectivity index (χ0) is 41.5. The van der Waals surface area contributed by atoms with Crippen LogP contribution in [-0.4, -0.2) is 81.6 Å². The van der Waals surface area contributed by atoms with Gasteiger partial charge in [-0.1, -0.05) is 102 Å². The van der Waals surface area contributed by atoms with Crippen molar-refractivity contribution in [3.8, 4) is 22.8 Å². The second-order valence-electron chi connectivity index (χ2n) is 17.4. The van der Waals surface area contributed by atoms with Crippen molar-refractivity contribution < 1.29 is 19.2 Å². The summed E-state index contributed by atoms with van der Waals surface area (Å²) in [5.74, 6) is 0.528. The first-order chi connectivity index (χ1) is 27.0. The van der Waals surface area contributed by atoms with Crippen LogP contribution in [0.5, 0.6) is 0 Å². The molecule has 2 aromatic carbocycles. The number of rotatable bonds is 10. The van der Waals surface area contributed by atoms with Crippen molar-refractivity contribution in [2.24, 2.45) is 22.7 Å². The predicted molar refractivity (Wildman–Crippen MR) is 225 cm³/mol. The van der Waals surface area contributed by atoms with Crippen LogP contribution in [0.3, 0.4) is 0 Å². The van der Waals surface area contributed by atoms with Gasteiger partial charge >= 0.3 is 0 Å². The van der Waals surface area contributed by atoms with Crippen molar-refractivity contribution in [3.63, 3.8) is 0 Å². The molecule has 2 aromatic heterocycles. The molecule has 12 heteroatoms. The Labute approximate surface area is 338 Å². The Morgan fingerprint density at radius 1 is 0.667 bits per heavy atom. The van der Waals surface area contributed by atoms with Crippen LogP contribution in [0.4, 0.5) is 0 Å². The van der Waals surface area contributed by atoms with Crippen molar-refractivity contribution in [1.29, 1.82) is 0 Å². The molecule has 2 aliphatic rings. The minimum Gasteiger partial charge on any atom is -0.359 e. The molecule has 12 nitrogen and oxygen atoms in total. The largest absolute Gasteiger partial charge is 0.359 e. The molecule has 2 amide bonds. The van der Waals surface area contributed by atoms with Gasteiger partial charge in [0.15, 0.2) is 11.6 Å². The lowest BCUT2D eigenvalue weighted by molar-refractivity contribution is -0.128. The van der Waals surface area contributed by atoms with Gasteiger partial charge in [-0.15, -0.1) is 0 Å². The van der Waals surface area contributed by atoms with E-state index in [4.69, 9.17) is 9.97 Å². The van der Waals surface area contributed by atoms with E-state index in [-0.39, 0.29) is 47.1 Å². The second-order valence-corrected chi connectivity index (χ2v) is 17.4. The molecule has 2 aliphatic heterocycles. The molecule has 0 unspecified atom stereocenters. The summed E-state index contributed by atoms with van der Waals surface area (Å²) >= 11 is 0. The molecule has 0 fully saturated rings. The van der Waals surface area contributed by atoms with Gasteiger partial charge in [-0.3, -0.25) is 19.2 Å². The lowest BCUT2D eigenvalue weighted by Crippen LogP contribution is -2.37. The molecule has 3 N–H and O–H groups in total. The number of nitrogens with zero attached hydrogens (tertiary/aromatic N) is 5. The molecular weight excluding hydrogens is 717 g/mol. The van der Waals surface area contributed by atoms with E-state index < -0.39 is 11.8 Å². The molecule has 4 aromatic rings. The number of ketones is 2. The highest BCUT2D eigenvalue weighted by molar-refractivity contribution is 5.99. The van der Waals surface area contributed by atoms with Crippen LogP contribution >= 0.6 is 0 Å². The summed E-state index contributed by atoms with van der Waals surface area (Å²) in [5, 5.41) is 8.81. The molecule has 0 aliphatic carbocycles. The summed E-state index contributed by atoms with van der Waals surface area (Å²) in [6.07, 6.45) is 2.31. The van der Waals surface area contributed by atoms with Crippen molar-refractivity contribution in [2.45, 2.75) is 93.4 Å². The molecule has 306 valence electrons. The minimum absolute atomic E-state index is 0.0604. The number of aromatic nitrogens is 4. The monoisotopic (exact) mass is 778 g/mol. The standard InChI is InChI=1S/C23H32N4O2.C22H30N4O2/c1-23(2,3)17(22(29)24-4)14-19(28)20-18-15-26(5)12-9-13-27(18)21(25-20)16-10-7-6-8-11-16;1-22(2,3)16(21(28)23-4)13-18(27)19-17-14-24-11-8-12-26(17)20(25-19)15-9-6-5-7-10-15/h6-8,10-11,17H,9,12-15H2,1-5H3,(H,24,29);5-7,9-10,16,24H,8,11-14H2,1-4H3,(H,23,28)/t17-;16-/m11/s1. The molecular formula is C45H62N8O4. The fraction of sp³-hybridized carbons (Fsp3) is 0.511. The van der Waals surface area contributed by atoms with Crippen molar-refractivity contribution in [3.05, 3.63) is 83.4 Å². The number of Topliss-reactive ketones (excluding diaryl/α,β-unsaturated/α-hetero) is 2. The van der Waals surface area contributed by atoms with Gasteiger partial charge in [0.1, 0.15) is 23.0 Å². The third-order valence-corrected chi connectivity index (χ3v) is 11.1. The van der Waals surface area contributed by atoms with Gasteiger partial charge in [0.05, 0.1) is 23.2 Å². The predicted octanol–water partition coefficient (Wildman–Crippen LogP) is 6.39. The molecule has 0 saturated carbocycles. The molecule has 2 atom stereocenters. The maximum absolute atomic E-state index is 13.4. The van der Waals surface area contributed by atoms with Crippen LogP contribution in [0.2, 0.25) is 0 Å². The molecule has 0 saturated heterocycles. The van der Waals surface area contributed by atoms with E-state index in [1.165, 1.54) is 0 Å². The van der Waals surface area contributed by atoms with Gasteiger partial charge in [0.25, 0.3) is 0 Å². The van der Waals surface area contributed by atoms with E-state index >= 15 is 0 Å². The highest BCUT2D eigenvalue weighted by atomic mass is 16.2. The Morgan fingerprint density at radius 3 is 1.56 bits per heavy atom. The smallest absolute Gasteiger partial charge is 0.223 e. The molecule has 6 rings (SSSR count). The van der Waals surface area contributed by atoms with E-state index in [1.54, 1.807) is 14.1 Å². The number of amides is 2. The Morgan fingerprint density at radius 2 is 1.11 bits per heavy atom. The van der Waals surface area contributed by atoms with Crippen molar-refractivity contribution >= 4 is 23.4 Å². The Balaban J connectivity index is 0.000000218. The van der Waals surface area contributed by atoms with E-state index in [1.807, 2.05) is 102 Å². The SMILES string of the molecule is CNC(=O)[C@@H](CC(=O)c1nc(-c2ccccc2)n2c1CN(C)CCC2)C(C)(C)C.CNC(=O)[C@@H](CC(=O)c1nc(-c2ccccc2)n2c1CNCCC2)C(C)(C)C. The average molecular weight is 779 g/mol. The zero-order valence-corrected chi connectivity index (χ0v) is 35.4. The Kier molecular flexibility index (Phi) is 14.1. The van der Waals surface area contributed by atoms with Crippen LogP contribution in [0.15, 0.2) is 60.7 Å². The van der Waals surface area contributed by atoms with Gasteiger partial charge in [-0.25, -0.2) is 9.97 Å². The van der Waals surface area contributed by atoms with Crippen molar-refractivity contribution in [2.75, 3.05) is 34.2 Å². The third kappa shape index (κ3) is 10.3. The molecule has 0 spiro atoms. The number of hydrogen-bond acceptors (Lipinski definition) is 8. The highest BCUT2D eigenvalue weighted by Gasteiger charge is 2.36. The number of hydrogen-bond donors (Lipinski definition) is 3. The number of nitrogens with one attached hydrogen (secondary N) is 3. The molecule has 0 bridgehead atoms. The summed E-state index contributed by atoms with van der Waals surface area (Å²) < 4.78 is 4.35.